The number of rotatable bonds is 1. The first-order valence-corrected chi connectivity index (χ1v) is 6.71. The van der Waals surface area contributed by atoms with Crippen LogP contribution in [-0.2, 0) is 4.79 Å². The van der Waals surface area contributed by atoms with Crippen LogP contribution in [0.5, 0.6) is 5.75 Å². The van der Waals surface area contributed by atoms with E-state index in [-0.39, 0.29) is 5.91 Å². The maximum atomic E-state index is 12.1. The molecule has 19 heavy (non-hydrogen) atoms. The number of likely N-dealkylation sites (N-methyl/N-ethyl adjacent to an activating group) is 1. The van der Waals surface area contributed by atoms with Gasteiger partial charge in [0.1, 0.15) is 11.4 Å². The quantitative estimate of drug-likeness (QED) is 0.813. The number of fused-ring (bicyclic) bond motifs is 1. The van der Waals surface area contributed by atoms with Crippen molar-refractivity contribution in [1.82, 2.24) is 5.32 Å². The molecule has 1 saturated heterocycles. The third-order valence-corrected chi connectivity index (χ3v) is 3.75. The Hall–Kier alpha value is -1.75. The van der Waals surface area contributed by atoms with Crippen LogP contribution in [0.25, 0.3) is 0 Å². The number of ether oxygens (including phenoxy) is 1. The summed E-state index contributed by atoms with van der Waals surface area (Å²) in [4.78, 5) is 16.1. The molecule has 1 fully saturated rings. The molecule has 2 heterocycles. The standard InChI is InChI=1S/C14H19N3O2/c1-10-14(18)16(2)13-11(4-3-5-12(13)19-10)17-8-6-15-7-9-17/h3-5,10,15H,6-9H2,1-2H3. The maximum Gasteiger partial charge on any atom is 0.267 e. The van der Waals surface area contributed by atoms with Crippen molar-refractivity contribution in [1.29, 1.82) is 0 Å². The van der Waals surface area contributed by atoms with E-state index in [0.717, 1.165) is 43.3 Å². The number of anilines is 2. The van der Waals surface area contributed by atoms with Crippen LogP contribution < -0.4 is 19.9 Å². The molecule has 2 aliphatic rings. The number of hydrogen-bond donors (Lipinski definition) is 1. The minimum absolute atomic E-state index is 0.00934. The van der Waals surface area contributed by atoms with E-state index < -0.39 is 6.10 Å². The Morgan fingerprint density at radius 1 is 1.32 bits per heavy atom. The molecule has 1 aromatic carbocycles. The van der Waals surface area contributed by atoms with Crippen molar-refractivity contribution in [2.24, 2.45) is 0 Å². The van der Waals surface area contributed by atoms with Crippen molar-refractivity contribution in [3.63, 3.8) is 0 Å². The SMILES string of the molecule is CC1Oc2cccc(N3CCNCC3)c2N(C)C1=O. The lowest BCUT2D eigenvalue weighted by Gasteiger charge is -2.37. The Kier molecular flexibility index (Phi) is 3.06. The van der Waals surface area contributed by atoms with Gasteiger partial charge < -0.3 is 19.9 Å². The lowest BCUT2D eigenvalue weighted by molar-refractivity contribution is -0.125. The van der Waals surface area contributed by atoms with Crippen molar-refractivity contribution in [3.8, 4) is 5.75 Å². The van der Waals surface area contributed by atoms with Crippen molar-refractivity contribution >= 4 is 17.3 Å². The summed E-state index contributed by atoms with van der Waals surface area (Å²) in [6.45, 7) is 5.64. The fourth-order valence-electron chi connectivity index (χ4n) is 2.73. The third-order valence-electron chi connectivity index (χ3n) is 3.75. The Bertz CT molecular complexity index is 497. The Balaban J connectivity index is 2.02. The predicted molar refractivity (Wildman–Crippen MR) is 75.0 cm³/mol. The zero-order chi connectivity index (χ0) is 13.4. The van der Waals surface area contributed by atoms with E-state index in [4.69, 9.17) is 4.74 Å². The molecule has 1 atom stereocenters. The molecule has 5 heteroatoms. The molecule has 102 valence electrons. The number of nitrogens with one attached hydrogen (secondary N) is 1. The summed E-state index contributed by atoms with van der Waals surface area (Å²) in [6.07, 6.45) is -0.407. The van der Waals surface area contributed by atoms with Gasteiger partial charge in [0.2, 0.25) is 0 Å². The van der Waals surface area contributed by atoms with Crippen LogP contribution >= 0.6 is 0 Å². The van der Waals surface area contributed by atoms with Crippen LogP contribution in [-0.4, -0.2) is 45.2 Å². The summed E-state index contributed by atoms with van der Waals surface area (Å²) < 4.78 is 5.71. The van der Waals surface area contributed by atoms with Gasteiger partial charge >= 0.3 is 0 Å². The highest BCUT2D eigenvalue weighted by molar-refractivity contribution is 6.02. The molecule has 1 N–H and O–H groups in total. The van der Waals surface area contributed by atoms with Crippen LogP contribution in [0.2, 0.25) is 0 Å². The van der Waals surface area contributed by atoms with Gasteiger partial charge in [-0.15, -0.1) is 0 Å². The Morgan fingerprint density at radius 3 is 2.79 bits per heavy atom. The maximum absolute atomic E-state index is 12.1. The highest BCUT2D eigenvalue weighted by Gasteiger charge is 2.32. The molecule has 0 saturated carbocycles. The van der Waals surface area contributed by atoms with Gasteiger partial charge in [0.15, 0.2) is 6.10 Å². The van der Waals surface area contributed by atoms with E-state index in [2.05, 4.69) is 16.3 Å². The van der Waals surface area contributed by atoms with Crippen molar-refractivity contribution in [3.05, 3.63) is 18.2 Å². The molecular weight excluding hydrogens is 242 g/mol. The van der Waals surface area contributed by atoms with Crippen LogP contribution in [0.15, 0.2) is 18.2 Å². The smallest absolute Gasteiger partial charge is 0.267 e. The number of hydrogen-bond acceptors (Lipinski definition) is 4. The first kappa shape index (κ1) is 12.3. The molecule has 0 aromatic heterocycles. The van der Waals surface area contributed by atoms with E-state index >= 15 is 0 Å². The van der Waals surface area contributed by atoms with Crippen molar-refractivity contribution in [2.75, 3.05) is 43.0 Å². The molecule has 1 unspecified atom stereocenters. The zero-order valence-corrected chi connectivity index (χ0v) is 11.3. The molecular formula is C14H19N3O2. The number of carbonyl (C=O) groups is 1. The molecule has 0 radical (unpaired) electrons. The monoisotopic (exact) mass is 261 g/mol. The number of benzene rings is 1. The molecule has 0 bridgehead atoms. The van der Waals surface area contributed by atoms with E-state index in [1.165, 1.54) is 0 Å². The second kappa shape index (κ2) is 4.74. The van der Waals surface area contributed by atoms with Gasteiger partial charge in [-0.3, -0.25) is 4.79 Å². The number of piperazine rings is 1. The van der Waals surface area contributed by atoms with Gasteiger partial charge in [-0.1, -0.05) is 6.07 Å². The molecule has 2 aliphatic heterocycles. The molecule has 3 rings (SSSR count). The van der Waals surface area contributed by atoms with E-state index in [1.54, 1.807) is 11.8 Å². The summed E-state index contributed by atoms with van der Waals surface area (Å²) in [6, 6.07) is 5.99. The van der Waals surface area contributed by atoms with E-state index in [1.807, 2.05) is 19.2 Å². The van der Waals surface area contributed by atoms with Gasteiger partial charge in [0.05, 0.1) is 5.69 Å². The lowest BCUT2D eigenvalue weighted by atomic mass is 10.1. The summed E-state index contributed by atoms with van der Waals surface area (Å²) in [5.41, 5.74) is 1.98. The average molecular weight is 261 g/mol. The van der Waals surface area contributed by atoms with E-state index in [0.29, 0.717) is 0 Å². The predicted octanol–water partition coefficient (Wildman–Crippen LogP) is 0.840. The van der Waals surface area contributed by atoms with Gasteiger partial charge in [0.25, 0.3) is 5.91 Å². The fraction of sp³-hybridized carbons (Fsp3) is 0.500. The van der Waals surface area contributed by atoms with E-state index in [9.17, 15) is 4.79 Å². The minimum atomic E-state index is -0.407. The second-order valence-electron chi connectivity index (χ2n) is 5.02. The van der Waals surface area contributed by atoms with Crippen LogP contribution in [0.4, 0.5) is 11.4 Å². The number of carbonyl (C=O) groups excluding carboxylic acids is 1. The highest BCUT2D eigenvalue weighted by Crippen LogP contribution is 2.41. The van der Waals surface area contributed by atoms with Gasteiger partial charge in [-0.25, -0.2) is 0 Å². The summed E-state index contributed by atoms with van der Waals surface area (Å²) in [5, 5.41) is 3.34. The largest absolute Gasteiger partial charge is 0.479 e. The lowest BCUT2D eigenvalue weighted by Crippen LogP contribution is -2.46. The Labute approximate surface area is 113 Å². The molecule has 1 amide bonds. The first-order chi connectivity index (χ1) is 9.18. The van der Waals surface area contributed by atoms with Crippen LogP contribution in [0.1, 0.15) is 6.92 Å². The molecule has 1 aromatic rings. The number of para-hydroxylation sites is 1. The van der Waals surface area contributed by atoms with Crippen LogP contribution in [0, 0.1) is 0 Å². The minimum Gasteiger partial charge on any atom is -0.479 e. The van der Waals surface area contributed by atoms with Crippen molar-refractivity contribution < 1.29 is 9.53 Å². The van der Waals surface area contributed by atoms with Gasteiger partial charge in [-0.2, -0.15) is 0 Å². The molecule has 0 aliphatic carbocycles. The third kappa shape index (κ3) is 2.04. The summed E-state index contributed by atoms with van der Waals surface area (Å²) in [7, 11) is 1.83. The van der Waals surface area contributed by atoms with Crippen molar-refractivity contribution in [2.45, 2.75) is 13.0 Å². The molecule has 5 nitrogen and oxygen atoms in total. The normalized spacial score (nSPS) is 23.1. The number of nitrogens with zero attached hydrogens (tertiary/aromatic N) is 2. The second-order valence-corrected chi connectivity index (χ2v) is 5.02. The number of amides is 1. The fourth-order valence-corrected chi connectivity index (χ4v) is 2.73. The molecule has 0 spiro atoms. The van der Waals surface area contributed by atoms with Crippen LogP contribution in [0.3, 0.4) is 0 Å². The average Bonchev–Trinajstić information content (AvgIpc) is 2.45. The zero-order valence-electron chi connectivity index (χ0n) is 11.3. The Morgan fingerprint density at radius 2 is 2.05 bits per heavy atom. The van der Waals surface area contributed by atoms with Gasteiger partial charge in [0, 0.05) is 33.2 Å². The summed E-state index contributed by atoms with van der Waals surface area (Å²) in [5.74, 6) is 0.806. The highest BCUT2D eigenvalue weighted by atomic mass is 16.5. The topological polar surface area (TPSA) is 44.8 Å². The van der Waals surface area contributed by atoms with Gasteiger partial charge in [-0.05, 0) is 19.1 Å². The first-order valence-electron chi connectivity index (χ1n) is 6.71. The summed E-state index contributed by atoms with van der Waals surface area (Å²) >= 11 is 0.